The largest absolute Gasteiger partial charge is 0.326 e. The van der Waals surface area contributed by atoms with Crippen LogP contribution in [0.2, 0.25) is 4.34 Å². The fourth-order valence-corrected chi connectivity index (χ4v) is 3.51. The molecule has 8 heteroatoms. The molecule has 0 radical (unpaired) electrons. The van der Waals surface area contributed by atoms with Crippen molar-refractivity contribution < 1.29 is 4.79 Å². The second-order valence-electron chi connectivity index (χ2n) is 5.40. The van der Waals surface area contributed by atoms with Gasteiger partial charge in [0.2, 0.25) is 0 Å². The lowest BCUT2D eigenvalue weighted by molar-refractivity contribution is 0.127. The number of nitrogens with zero attached hydrogens (tertiary/aromatic N) is 5. The molecule has 2 fully saturated rings. The van der Waals surface area contributed by atoms with Crippen LogP contribution in [-0.2, 0) is 6.54 Å². The van der Waals surface area contributed by atoms with Gasteiger partial charge in [0.1, 0.15) is 10.0 Å². The molecular weight excluding hydrogens is 298 g/mol. The fraction of sp³-hybridized carbons (Fsp3) is 0.750. The predicted molar refractivity (Wildman–Crippen MR) is 78.0 cm³/mol. The Morgan fingerprint density at radius 3 is 2.60 bits per heavy atom. The Morgan fingerprint density at radius 1 is 1.30 bits per heavy atom. The average molecular weight is 316 g/mol. The van der Waals surface area contributed by atoms with E-state index in [1.165, 1.54) is 11.5 Å². The number of hydrogen-bond donors (Lipinski definition) is 0. The summed E-state index contributed by atoms with van der Waals surface area (Å²) >= 11 is 7.27. The summed E-state index contributed by atoms with van der Waals surface area (Å²) in [6, 6.07) is 0.558. The summed E-state index contributed by atoms with van der Waals surface area (Å²) in [5.74, 6) is 0. The molecule has 3 rings (SSSR count). The first-order valence-corrected chi connectivity index (χ1v) is 8.01. The topological polar surface area (TPSA) is 52.6 Å². The van der Waals surface area contributed by atoms with E-state index in [-0.39, 0.29) is 6.03 Å². The van der Waals surface area contributed by atoms with Gasteiger partial charge in [0.15, 0.2) is 0 Å². The molecule has 0 aromatic carbocycles. The van der Waals surface area contributed by atoms with E-state index in [4.69, 9.17) is 11.6 Å². The average Bonchev–Trinajstić information content (AvgIpc) is 2.99. The Labute approximate surface area is 127 Å². The first-order chi connectivity index (χ1) is 9.65. The van der Waals surface area contributed by atoms with Crippen LogP contribution in [0.4, 0.5) is 4.79 Å². The van der Waals surface area contributed by atoms with E-state index >= 15 is 0 Å². The molecule has 0 spiro atoms. The predicted octanol–water partition coefficient (Wildman–Crippen LogP) is 1.52. The molecule has 110 valence electrons. The van der Waals surface area contributed by atoms with Crippen molar-refractivity contribution in [3.8, 4) is 0 Å². The fourth-order valence-electron chi connectivity index (χ4n) is 2.90. The number of piperidine rings is 1. The number of urea groups is 1. The number of hydrogen-bond acceptors (Lipinski definition) is 5. The first-order valence-electron chi connectivity index (χ1n) is 6.86. The quantitative estimate of drug-likeness (QED) is 0.848. The van der Waals surface area contributed by atoms with Crippen molar-refractivity contribution in [2.45, 2.75) is 25.4 Å². The highest BCUT2D eigenvalue weighted by Crippen LogP contribution is 2.24. The SMILES string of the molecule is CN1CCN(C2CCN(Cc3nnsc3Cl)CC2)C1=O. The number of aromatic nitrogens is 2. The first kappa shape index (κ1) is 14.0. The molecule has 2 amide bonds. The third-order valence-electron chi connectivity index (χ3n) is 4.13. The van der Waals surface area contributed by atoms with Crippen LogP contribution >= 0.6 is 23.1 Å². The maximum atomic E-state index is 12.0. The number of amides is 2. The van der Waals surface area contributed by atoms with Gasteiger partial charge in [-0.1, -0.05) is 16.1 Å². The second kappa shape index (κ2) is 5.83. The van der Waals surface area contributed by atoms with Crippen LogP contribution in [0.3, 0.4) is 0 Å². The van der Waals surface area contributed by atoms with Gasteiger partial charge >= 0.3 is 6.03 Å². The number of halogens is 1. The Kier molecular flexibility index (Phi) is 4.09. The van der Waals surface area contributed by atoms with E-state index in [1.807, 2.05) is 11.9 Å². The van der Waals surface area contributed by atoms with Gasteiger partial charge in [0.05, 0.1) is 0 Å². The number of likely N-dealkylation sites (tertiary alicyclic amines) is 1. The summed E-state index contributed by atoms with van der Waals surface area (Å²) in [6.07, 6.45) is 2.05. The lowest BCUT2D eigenvalue weighted by atomic mass is 10.0. The van der Waals surface area contributed by atoms with Gasteiger partial charge in [0, 0.05) is 57.3 Å². The molecule has 0 aliphatic carbocycles. The maximum absolute atomic E-state index is 12.0. The van der Waals surface area contributed by atoms with E-state index in [9.17, 15) is 4.79 Å². The Bertz CT molecular complexity index is 488. The zero-order valence-corrected chi connectivity index (χ0v) is 13.0. The van der Waals surface area contributed by atoms with Crippen molar-refractivity contribution >= 4 is 29.2 Å². The summed E-state index contributed by atoms with van der Waals surface area (Å²) in [6.45, 7) is 4.43. The molecule has 0 atom stereocenters. The Morgan fingerprint density at radius 2 is 2.05 bits per heavy atom. The number of carbonyl (C=O) groups is 1. The van der Waals surface area contributed by atoms with E-state index in [1.54, 1.807) is 4.90 Å². The molecule has 0 bridgehead atoms. The van der Waals surface area contributed by atoms with Crippen molar-refractivity contribution in [3.63, 3.8) is 0 Å². The van der Waals surface area contributed by atoms with Crippen molar-refractivity contribution in [2.24, 2.45) is 0 Å². The van der Waals surface area contributed by atoms with E-state index in [0.717, 1.165) is 51.3 Å². The summed E-state index contributed by atoms with van der Waals surface area (Å²) < 4.78 is 4.54. The van der Waals surface area contributed by atoms with Crippen LogP contribution in [0.25, 0.3) is 0 Å². The summed E-state index contributed by atoms with van der Waals surface area (Å²) in [5, 5.41) is 4.05. The summed E-state index contributed by atoms with van der Waals surface area (Å²) in [7, 11) is 1.87. The second-order valence-corrected chi connectivity index (χ2v) is 6.75. The van der Waals surface area contributed by atoms with Crippen LogP contribution in [0.5, 0.6) is 0 Å². The molecule has 2 aliphatic heterocycles. The zero-order chi connectivity index (χ0) is 14.1. The highest BCUT2D eigenvalue weighted by atomic mass is 35.5. The zero-order valence-electron chi connectivity index (χ0n) is 11.5. The standard InChI is InChI=1S/C12H18ClN5OS/c1-16-6-7-18(12(16)19)9-2-4-17(5-3-9)8-10-11(13)20-15-14-10/h9H,2-8H2,1H3. The minimum atomic E-state index is 0.176. The minimum absolute atomic E-state index is 0.176. The third-order valence-corrected chi connectivity index (χ3v) is 5.11. The monoisotopic (exact) mass is 315 g/mol. The molecule has 1 aromatic heterocycles. The normalized spacial score (nSPS) is 22.0. The van der Waals surface area contributed by atoms with Gasteiger partial charge in [-0.3, -0.25) is 4.90 Å². The Hall–Kier alpha value is -0.920. The molecule has 6 nitrogen and oxygen atoms in total. The molecule has 2 aliphatic rings. The van der Waals surface area contributed by atoms with Gasteiger partial charge in [-0.15, -0.1) is 5.10 Å². The van der Waals surface area contributed by atoms with Crippen LogP contribution in [0.1, 0.15) is 18.5 Å². The molecule has 0 N–H and O–H groups in total. The minimum Gasteiger partial charge on any atom is -0.326 e. The van der Waals surface area contributed by atoms with E-state index in [2.05, 4.69) is 14.5 Å². The highest BCUT2D eigenvalue weighted by molar-refractivity contribution is 7.10. The smallest absolute Gasteiger partial charge is 0.320 e. The van der Waals surface area contributed by atoms with Crippen LogP contribution in [-0.4, -0.2) is 69.6 Å². The molecular formula is C12H18ClN5OS. The van der Waals surface area contributed by atoms with Crippen molar-refractivity contribution in [3.05, 3.63) is 10.0 Å². The van der Waals surface area contributed by atoms with Gasteiger partial charge in [0.25, 0.3) is 0 Å². The van der Waals surface area contributed by atoms with E-state index < -0.39 is 0 Å². The maximum Gasteiger partial charge on any atom is 0.320 e. The van der Waals surface area contributed by atoms with Gasteiger partial charge in [-0.2, -0.15) is 0 Å². The van der Waals surface area contributed by atoms with Gasteiger partial charge < -0.3 is 9.80 Å². The van der Waals surface area contributed by atoms with Crippen molar-refractivity contribution in [1.29, 1.82) is 0 Å². The third kappa shape index (κ3) is 2.75. The lowest BCUT2D eigenvalue weighted by Gasteiger charge is -2.36. The van der Waals surface area contributed by atoms with E-state index in [0.29, 0.717) is 10.4 Å². The molecule has 0 unspecified atom stereocenters. The van der Waals surface area contributed by atoms with Gasteiger partial charge in [-0.25, -0.2) is 4.79 Å². The molecule has 2 saturated heterocycles. The Balaban J connectivity index is 1.52. The van der Waals surface area contributed by atoms with Crippen LogP contribution < -0.4 is 0 Å². The van der Waals surface area contributed by atoms with Crippen LogP contribution in [0.15, 0.2) is 0 Å². The number of rotatable bonds is 3. The highest BCUT2D eigenvalue weighted by Gasteiger charge is 2.33. The molecule has 1 aromatic rings. The summed E-state index contributed by atoms with van der Waals surface area (Å²) in [4.78, 5) is 18.1. The number of carbonyl (C=O) groups excluding carboxylic acids is 1. The lowest BCUT2D eigenvalue weighted by Crippen LogP contribution is -2.46. The van der Waals surface area contributed by atoms with Gasteiger partial charge in [-0.05, 0) is 12.8 Å². The molecule has 3 heterocycles. The van der Waals surface area contributed by atoms with Crippen LogP contribution in [0, 0.1) is 0 Å². The van der Waals surface area contributed by atoms with Crippen molar-refractivity contribution in [1.82, 2.24) is 24.3 Å². The number of likely N-dealkylation sites (N-methyl/N-ethyl adjacent to an activating group) is 1. The summed E-state index contributed by atoms with van der Waals surface area (Å²) in [5.41, 5.74) is 0.868. The molecule has 20 heavy (non-hydrogen) atoms. The molecule has 0 saturated carbocycles. The van der Waals surface area contributed by atoms with Crippen molar-refractivity contribution in [2.75, 3.05) is 33.2 Å².